The van der Waals surface area contributed by atoms with Crippen LogP contribution < -0.4 is 0 Å². The standard InChI is InChI=1S/C12H13N/c1-9(13-2)10-3-5-11(6-4-10)12-7-8-12/h3-6,9,12H,7-8H2,1H3. The predicted octanol–water partition coefficient (Wildman–Crippen LogP) is 3.54. The quantitative estimate of drug-likeness (QED) is 0.599. The summed E-state index contributed by atoms with van der Waals surface area (Å²) < 4.78 is 0. The van der Waals surface area contributed by atoms with E-state index in [1.54, 1.807) is 0 Å². The summed E-state index contributed by atoms with van der Waals surface area (Å²) in [5.74, 6) is 0.817. The van der Waals surface area contributed by atoms with Crippen molar-refractivity contribution in [3.8, 4) is 0 Å². The molecule has 1 fully saturated rings. The van der Waals surface area contributed by atoms with Gasteiger partial charge in [0, 0.05) is 12.5 Å². The van der Waals surface area contributed by atoms with Crippen molar-refractivity contribution in [3.05, 3.63) is 46.8 Å². The largest absolute Gasteiger partial charge is 0.309 e. The van der Waals surface area contributed by atoms with Gasteiger partial charge in [0.25, 0.3) is 0 Å². The zero-order chi connectivity index (χ0) is 9.26. The van der Waals surface area contributed by atoms with Gasteiger partial charge in [-0.05, 0) is 24.3 Å². The molecule has 0 spiro atoms. The highest BCUT2D eigenvalue weighted by Gasteiger charge is 2.23. The molecule has 1 atom stereocenters. The van der Waals surface area contributed by atoms with Gasteiger partial charge in [-0.1, -0.05) is 24.3 Å². The minimum Gasteiger partial charge on any atom is -0.309 e. The number of benzene rings is 1. The Bertz CT molecular complexity index is 327. The van der Waals surface area contributed by atoms with Gasteiger partial charge in [0.05, 0.1) is 0 Å². The lowest BCUT2D eigenvalue weighted by atomic mass is 10.0. The molecule has 1 saturated carbocycles. The zero-order valence-corrected chi connectivity index (χ0v) is 7.83. The molecule has 0 heterocycles. The molecule has 0 N–H and O–H groups in total. The second-order valence-corrected chi connectivity index (χ2v) is 3.75. The van der Waals surface area contributed by atoms with E-state index in [9.17, 15) is 0 Å². The molecule has 0 amide bonds. The first-order chi connectivity index (χ1) is 6.31. The van der Waals surface area contributed by atoms with Crippen molar-refractivity contribution in [1.29, 1.82) is 0 Å². The minimum atomic E-state index is 0.00764. The predicted molar refractivity (Wildman–Crippen MR) is 53.4 cm³/mol. The lowest BCUT2D eigenvalue weighted by Gasteiger charge is -2.01. The molecule has 0 aliphatic heterocycles. The second kappa shape index (κ2) is 3.22. The van der Waals surface area contributed by atoms with Crippen LogP contribution in [0.5, 0.6) is 0 Å². The van der Waals surface area contributed by atoms with E-state index in [0.717, 1.165) is 11.5 Å². The second-order valence-electron chi connectivity index (χ2n) is 3.75. The minimum absolute atomic E-state index is 0.00764. The van der Waals surface area contributed by atoms with Gasteiger partial charge < -0.3 is 4.85 Å². The van der Waals surface area contributed by atoms with E-state index in [1.807, 2.05) is 6.92 Å². The highest BCUT2D eigenvalue weighted by Crippen LogP contribution is 2.40. The average molecular weight is 171 g/mol. The summed E-state index contributed by atoms with van der Waals surface area (Å²) in [5, 5.41) is 0. The van der Waals surface area contributed by atoms with E-state index < -0.39 is 0 Å². The van der Waals surface area contributed by atoms with E-state index in [4.69, 9.17) is 6.57 Å². The summed E-state index contributed by atoms with van der Waals surface area (Å²) >= 11 is 0. The first-order valence-corrected chi connectivity index (χ1v) is 4.77. The Morgan fingerprint density at radius 2 is 1.92 bits per heavy atom. The van der Waals surface area contributed by atoms with Crippen molar-refractivity contribution in [2.75, 3.05) is 0 Å². The molecule has 1 nitrogen and oxygen atoms in total. The van der Waals surface area contributed by atoms with Crippen LogP contribution >= 0.6 is 0 Å². The van der Waals surface area contributed by atoms with Crippen LogP contribution in [0.1, 0.15) is 42.9 Å². The average Bonchev–Trinajstić information content (AvgIpc) is 3.00. The summed E-state index contributed by atoms with van der Waals surface area (Å²) in [4.78, 5) is 3.50. The third-order valence-corrected chi connectivity index (χ3v) is 2.66. The molecule has 1 unspecified atom stereocenters. The summed E-state index contributed by atoms with van der Waals surface area (Å²) in [7, 11) is 0. The topological polar surface area (TPSA) is 4.36 Å². The molecule has 2 rings (SSSR count). The van der Waals surface area contributed by atoms with Crippen LogP contribution in [0, 0.1) is 6.57 Å². The Morgan fingerprint density at radius 3 is 2.38 bits per heavy atom. The molecule has 0 saturated heterocycles. The lowest BCUT2D eigenvalue weighted by molar-refractivity contribution is 0.956. The summed E-state index contributed by atoms with van der Waals surface area (Å²) in [6, 6.07) is 8.55. The number of hydrogen-bond acceptors (Lipinski definition) is 0. The maximum Gasteiger partial charge on any atom is 0.245 e. The van der Waals surface area contributed by atoms with Crippen LogP contribution in [0.15, 0.2) is 24.3 Å². The Morgan fingerprint density at radius 1 is 1.31 bits per heavy atom. The molecule has 66 valence electrons. The molecule has 0 radical (unpaired) electrons. The molecule has 0 bridgehead atoms. The lowest BCUT2D eigenvalue weighted by Crippen LogP contribution is -1.87. The highest BCUT2D eigenvalue weighted by atomic mass is 14.7. The third kappa shape index (κ3) is 1.72. The maximum absolute atomic E-state index is 6.92. The van der Waals surface area contributed by atoms with Gasteiger partial charge in [0.2, 0.25) is 6.04 Å². The van der Waals surface area contributed by atoms with Crippen molar-refractivity contribution < 1.29 is 0 Å². The van der Waals surface area contributed by atoms with Crippen LogP contribution in [-0.2, 0) is 0 Å². The van der Waals surface area contributed by atoms with Gasteiger partial charge in [-0.2, -0.15) is 0 Å². The molecule has 13 heavy (non-hydrogen) atoms. The summed E-state index contributed by atoms with van der Waals surface area (Å²) in [6.07, 6.45) is 2.69. The number of rotatable bonds is 2. The maximum atomic E-state index is 6.92. The molecular weight excluding hydrogens is 158 g/mol. The van der Waals surface area contributed by atoms with E-state index in [-0.39, 0.29) is 6.04 Å². The fourth-order valence-electron chi connectivity index (χ4n) is 1.54. The van der Waals surface area contributed by atoms with E-state index >= 15 is 0 Å². The molecular formula is C12H13N. The van der Waals surface area contributed by atoms with E-state index in [1.165, 1.54) is 18.4 Å². The van der Waals surface area contributed by atoms with Gasteiger partial charge >= 0.3 is 0 Å². The monoisotopic (exact) mass is 171 g/mol. The Hall–Kier alpha value is -1.29. The van der Waals surface area contributed by atoms with Crippen LogP contribution in [0.3, 0.4) is 0 Å². The van der Waals surface area contributed by atoms with Crippen LogP contribution in [0.2, 0.25) is 0 Å². The third-order valence-electron chi connectivity index (χ3n) is 2.66. The molecule has 1 aromatic carbocycles. The first kappa shape index (κ1) is 8.31. The van der Waals surface area contributed by atoms with Crippen LogP contribution in [0.25, 0.3) is 4.85 Å². The van der Waals surface area contributed by atoms with Crippen molar-refractivity contribution >= 4 is 0 Å². The SMILES string of the molecule is [C-]#[N+]C(C)c1ccc(C2CC2)cc1. The molecule has 1 aliphatic carbocycles. The van der Waals surface area contributed by atoms with Crippen molar-refractivity contribution in [2.45, 2.75) is 31.7 Å². The highest BCUT2D eigenvalue weighted by molar-refractivity contribution is 5.30. The van der Waals surface area contributed by atoms with Crippen LogP contribution in [-0.4, -0.2) is 0 Å². The summed E-state index contributed by atoms with van der Waals surface area (Å²) in [5.41, 5.74) is 2.58. The normalized spacial score (nSPS) is 17.8. The van der Waals surface area contributed by atoms with Crippen molar-refractivity contribution in [3.63, 3.8) is 0 Å². The zero-order valence-electron chi connectivity index (χ0n) is 7.83. The Balaban J connectivity index is 2.18. The number of nitrogens with zero attached hydrogens (tertiary/aromatic N) is 1. The van der Waals surface area contributed by atoms with Gasteiger partial charge in [-0.25, -0.2) is 6.57 Å². The van der Waals surface area contributed by atoms with Gasteiger partial charge in [0.1, 0.15) is 0 Å². The Labute approximate surface area is 79.2 Å². The van der Waals surface area contributed by atoms with Crippen molar-refractivity contribution in [1.82, 2.24) is 0 Å². The smallest absolute Gasteiger partial charge is 0.245 e. The van der Waals surface area contributed by atoms with Crippen molar-refractivity contribution in [2.24, 2.45) is 0 Å². The van der Waals surface area contributed by atoms with Crippen LogP contribution in [0.4, 0.5) is 0 Å². The molecule has 1 aliphatic rings. The van der Waals surface area contributed by atoms with Gasteiger partial charge in [-0.3, -0.25) is 0 Å². The molecule has 0 aromatic heterocycles. The van der Waals surface area contributed by atoms with Gasteiger partial charge in [0.15, 0.2) is 0 Å². The molecule has 1 aromatic rings. The number of hydrogen-bond donors (Lipinski definition) is 0. The molecule has 1 heteroatoms. The van der Waals surface area contributed by atoms with E-state index in [0.29, 0.717) is 0 Å². The first-order valence-electron chi connectivity index (χ1n) is 4.77. The fraction of sp³-hybridized carbons (Fsp3) is 0.417. The van der Waals surface area contributed by atoms with Gasteiger partial charge in [-0.15, -0.1) is 0 Å². The Kier molecular flexibility index (Phi) is 2.06. The van der Waals surface area contributed by atoms with E-state index in [2.05, 4.69) is 29.1 Å². The summed E-state index contributed by atoms with van der Waals surface area (Å²) in [6.45, 7) is 8.87. The fourth-order valence-corrected chi connectivity index (χ4v) is 1.54.